The molecule has 9 nitrogen and oxygen atoms in total. The van der Waals surface area contributed by atoms with Crippen molar-refractivity contribution in [2.45, 2.75) is 25.8 Å². The number of hydrogen-bond acceptors (Lipinski definition) is 9. The standard InChI is InChI=1S/C9H7ClFNO.C9H8ClFO3.C8H7BrClFO.C8H8ClFO2.CN.CH4.Na/c1-13-9-5-7(10)6(2-3-12)4-8(9)11;1-13-8-4-6(10)5(3-7(8)11)9(12)14-2;1-12-8-3-6(10)5(4-9)2-7(8)11;1-12-8-3-6(9)5(4-11)2-7(8)10;1-2;;/h4-5H,2H2,1H3;3-4H,1-2H3;2-3H,4H2,1H3;2-3,11H,4H2,1H3;;1H4;/q;;;;-1;;+1. The summed E-state index contributed by atoms with van der Waals surface area (Å²) in [5.41, 5.74) is 1.53. The van der Waals surface area contributed by atoms with Crippen LogP contribution >= 0.6 is 62.3 Å². The SMILES string of the molecule is C.COC(=O)c1cc(F)c(OC)cc1Cl.COc1cc(Cl)c(CBr)cc1F.COc1cc(Cl)c(CC#N)cc1F.COc1cc(Cl)c(CO)cc1F.[C-]#N.[Na+]. The molecule has 0 aliphatic heterocycles. The summed E-state index contributed by atoms with van der Waals surface area (Å²) >= 11 is 26.1. The molecule has 0 saturated carbocycles. The van der Waals surface area contributed by atoms with Gasteiger partial charge in [-0.3, -0.25) is 0 Å². The van der Waals surface area contributed by atoms with E-state index in [2.05, 4.69) is 30.1 Å². The maximum Gasteiger partial charge on any atom is 1.00 e. The Labute approximate surface area is 367 Å². The van der Waals surface area contributed by atoms with Gasteiger partial charge in [-0.2, -0.15) is 5.26 Å². The number of rotatable bonds is 8. The molecule has 19 heteroatoms. The van der Waals surface area contributed by atoms with Crippen molar-refractivity contribution in [3.05, 3.63) is 121 Å². The monoisotopic (exact) mass is 924 g/mol. The average molecular weight is 927 g/mol. The van der Waals surface area contributed by atoms with E-state index in [1.807, 2.05) is 6.07 Å². The van der Waals surface area contributed by atoms with Gasteiger partial charge in [0.2, 0.25) is 0 Å². The minimum Gasteiger partial charge on any atom is -0.512 e. The third kappa shape index (κ3) is 18.1. The van der Waals surface area contributed by atoms with E-state index >= 15 is 0 Å². The normalized spacial score (nSPS) is 9.09. The van der Waals surface area contributed by atoms with Crippen molar-refractivity contribution in [3.8, 4) is 29.1 Å². The maximum atomic E-state index is 13.1. The first-order chi connectivity index (χ1) is 25.2. The summed E-state index contributed by atoms with van der Waals surface area (Å²) in [6.45, 7) is 4.47. The van der Waals surface area contributed by atoms with Crippen molar-refractivity contribution in [1.82, 2.24) is 0 Å². The molecular weight excluding hydrogens is 893 g/mol. The van der Waals surface area contributed by atoms with E-state index in [9.17, 15) is 22.4 Å². The molecule has 0 bridgehead atoms. The van der Waals surface area contributed by atoms with Crippen LogP contribution in [0.3, 0.4) is 0 Å². The molecule has 0 saturated heterocycles. The van der Waals surface area contributed by atoms with Gasteiger partial charge in [0.1, 0.15) is 0 Å². The van der Waals surface area contributed by atoms with Crippen LogP contribution in [0, 0.1) is 46.4 Å². The molecule has 55 heavy (non-hydrogen) atoms. The van der Waals surface area contributed by atoms with Crippen LogP contribution in [-0.2, 0) is 23.1 Å². The fourth-order valence-corrected chi connectivity index (χ4v) is 5.08. The summed E-state index contributed by atoms with van der Waals surface area (Å²) in [7, 11) is 6.63. The fourth-order valence-electron chi connectivity index (χ4n) is 3.57. The second-order valence-electron chi connectivity index (χ2n) is 9.32. The van der Waals surface area contributed by atoms with Crippen LogP contribution in [0.1, 0.15) is 34.5 Å². The second-order valence-corrected chi connectivity index (χ2v) is 11.5. The number of aliphatic hydroxyl groups is 1. The van der Waals surface area contributed by atoms with Crippen molar-refractivity contribution < 1.29 is 80.7 Å². The number of hydrogen-bond donors (Lipinski definition) is 1. The van der Waals surface area contributed by atoms with Gasteiger partial charge >= 0.3 is 35.5 Å². The number of alkyl halides is 1. The smallest absolute Gasteiger partial charge is 0.512 e. The third-order valence-electron chi connectivity index (χ3n) is 6.19. The Morgan fingerprint density at radius 1 is 0.673 bits per heavy atom. The third-order valence-corrected chi connectivity index (χ3v) is 8.17. The van der Waals surface area contributed by atoms with Crippen molar-refractivity contribution in [3.63, 3.8) is 0 Å². The molecule has 294 valence electrons. The molecule has 0 unspecified atom stereocenters. The summed E-state index contributed by atoms with van der Waals surface area (Å²) in [5, 5.41) is 25.1. The Balaban J connectivity index is -0.000000639. The first-order valence-corrected chi connectivity index (χ1v) is 16.7. The van der Waals surface area contributed by atoms with Gasteiger partial charge in [-0.05, 0) is 41.0 Å². The first-order valence-electron chi connectivity index (χ1n) is 14.1. The number of carbonyl (C=O) groups is 1. The Bertz CT molecular complexity index is 1770. The number of esters is 1. The van der Waals surface area contributed by atoms with Gasteiger partial charge in [0.15, 0.2) is 46.3 Å². The zero-order valence-electron chi connectivity index (χ0n) is 29.4. The van der Waals surface area contributed by atoms with Crippen molar-refractivity contribution in [2.75, 3.05) is 35.5 Å². The van der Waals surface area contributed by atoms with Crippen molar-refractivity contribution >= 4 is 68.3 Å². The van der Waals surface area contributed by atoms with Gasteiger partial charge in [-0.25, -0.2) is 22.4 Å². The summed E-state index contributed by atoms with van der Waals surface area (Å²) in [6.07, 6.45) is 0.0970. The first kappa shape index (κ1) is 56.2. The number of nitrogens with zero attached hydrogens (tertiary/aromatic N) is 2. The van der Waals surface area contributed by atoms with Gasteiger partial charge in [0, 0.05) is 44.7 Å². The molecule has 0 amide bonds. The summed E-state index contributed by atoms with van der Waals surface area (Å²) in [5.74, 6) is -2.43. The quantitative estimate of drug-likeness (QED) is 0.0616. The van der Waals surface area contributed by atoms with Crippen LogP contribution in [0.4, 0.5) is 17.6 Å². The van der Waals surface area contributed by atoms with Crippen LogP contribution in [0.5, 0.6) is 23.0 Å². The molecule has 1 N–H and O–H groups in total. The fraction of sp³-hybridized carbons (Fsp3) is 0.250. The van der Waals surface area contributed by atoms with E-state index in [0.29, 0.717) is 31.5 Å². The van der Waals surface area contributed by atoms with E-state index in [1.54, 1.807) is 0 Å². The Hall–Kier alpha value is -3.15. The molecular formula is C36H34BrCl4F4N2NaO7. The molecule has 4 aromatic rings. The number of halogens is 9. The molecule has 0 fully saturated rings. The number of carbonyl (C=O) groups excluding carboxylic acids is 1. The molecule has 0 aliphatic carbocycles. The molecule has 0 aliphatic rings. The van der Waals surface area contributed by atoms with E-state index < -0.39 is 29.2 Å². The predicted octanol–water partition coefficient (Wildman–Crippen LogP) is 7.93. The molecule has 0 heterocycles. The minimum absolute atomic E-state index is 0. The van der Waals surface area contributed by atoms with Gasteiger partial charge < -0.3 is 40.6 Å². The molecule has 0 atom stereocenters. The summed E-state index contributed by atoms with van der Waals surface area (Å²) < 4.78 is 75.4. The molecule has 0 spiro atoms. The number of ether oxygens (including phenoxy) is 5. The average Bonchev–Trinajstić information content (AvgIpc) is 3.16. The van der Waals surface area contributed by atoms with Gasteiger partial charge in [-0.15, -0.1) is 0 Å². The summed E-state index contributed by atoms with van der Waals surface area (Å²) in [6, 6.07) is 12.0. The van der Waals surface area contributed by atoms with Crippen LogP contribution in [0.25, 0.3) is 0 Å². The second kappa shape index (κ2) is 30.0. The van der Waals surface area contributed by atoms with Crippen molar-refractivity contribution in [2.24, 2.45) is 0 Å². The van der Waals surface area contributed by atoms with Crippen LogP contribution in [0.2, 0.25) is 20.1 Å². The van der Waals surface area contributed by atoms with E-state index in [1.165, 1.54) is 71.9 Å². The predicted molar refractivity (Wildman–Crippen MR) is 203 cm³/mol. The van der Waals surface area contributed by atoms with E-state index in [-0.39, 0.29) is 83.6 Å². The molecule has 0 radical (unpaired) electrons. The Morgan fingerprint density at radius 2 is 1.00 bits per heavy atom. The van der Waals surface area contributed by atoms with Gasteiger partial charge in [0.05, 0.1) is 65.2 Å². The minimum atomic E-state index is -0.684. The van der Waals surface area contributed by atoms with Gasteiger partial charge in [-0.1, -0.05) is 69.8 Å². The van der Waals surface area contributed by atoms with Crippen LogP contribution < -0.4 is 48.5 Å². The Kier molecular flexibility index (Phi) is 30.7. The number of methoxy groups -OCH3 is 5. The molecule has 0 aromatic heterocycles. The summed E-state index contributed by atoms with van der Waals surface area (Å²) in [4.78, 5) is 11.1. The van der Waals surface area contributed by atoms with E-state index in [0.717, 1.165) is 17.7 Å². The number of benzene rings is 4. The van der Waals surface area contributed by atoms with Crippen LogP contribution in [0.15, 0.2) is 48.5 Å². The Morgan fingerprint density at radius 3 is 1.35 bits per heavy atom. The zero-order chi connectivity index (χ0) is 40.8. The number of aliphatic hydroxyl groups excluding tert-OH is 1. The molecule has 4 rings (SSSR count). The zero-order valence-corrected chi connectivity index (χ0v) is 36.0. The number of nitriles is 1. The largest absolute Gasteiger partial charge is 1.00 e. The molecule has 4 aromatic carbocycles. The topological polar surface area (TPSA) is 131 Å². The van der Waals surface area contributed by atoms with Crippen molar-refractivity contribution in [1.29, 1.82) is 10.5 Å². The maximum absolute atomic E-state index is 13.1. The van der Waals surface area contributed by atoms with Crippen LogP contribution in [-0.4, -0.2) is 46.6 Å². The van der Waals surface area contributed by atoms with E-state index in [4.69, 9.17) is 78.1 Å². The van der Waals surface area contributed by atoms with Gasteiger partial charge in [0.25, 0.3) is 0 Å².